The van der Waals surface area contributed by atoms with Crippen LogP contribution >= 0.6 is 15.9 Å². The highest BCUT2D eigenvalue weighted by Gasteiger charge is 2.20. The van der Waals surface area contributed by atoms with Crippen LogP contribution in [0.2, 0.25) is 0 Å². The molecule has 1 aromatic carbocycles. The molecule has 1 aromatic rings. The highest BCUT2D eigenvalue weighted by atomic mass is 79.9. The zero-order valence-electron chi connectivity index (χ0n) is 7.66. The van der Waals surface area contributed by atoms with Crippen LogP contribution in [0.15, 0.2) is 22.7 Å². The van der Waals surface area contributed by atoms with E-state index in [0.717, 1.165) is 23.1 Å². The Morgan fingerprint density at radius 1 is 1.50 bits per heavy atom. The molecular weight excluding hydrogens is 246 g/mol. The number of hydrogen-bond acceptors (Lipinski definition) is 3. The monoisotopic (exact) mass is 257 g/mol. The van der Waals surface area contributed by atoms with Crippen molar-refractivity contribution in [3.05, 3.63) is 28.2 Å². The van der Waals surface area contributed by atoms with Gasteiger partial charge in [-0.2, -0.15) is 0 Å². The highest BCUT2D eigenvalue weighted by Crippen LogP contribution is 2.33. The van der Waals surface area contributed by atoms with E-state index in [2.05, 4.69) is 21.2 Å². The van der Waals surface area contributed by atoms with Gasteiger partial charge in [0.15, 0.2) is 0 Å². The van der Waals surface area contributed by atoms with E-state index in [4.69, 9.17) is 4.74 Å². The SMILES string of the molecule is Oc1cccc(Br)c1C1CNCCO1. The number of morpholine rings is 1. The van der Waals surface area contributed by atoms with Crippen LogP contribution in [0.5, 0.6) is 5.75 Å². The van der Waals surface area contributed by atoms with Crippen molar-refractivity contribution in [1.29, 1.82) is 0 Å². The van der Waals surface area contributed by atoms with Crippen molar-refractivity contribution in [2.75, 3.05) is 19.7 Å². The Morgan fingerprint density at radius 2 is 2.36 bits per heavy atom. The maximum atomic E-state index is 9.71. The van der Waals surface area contributed by atoms with Crippen LogP contribution in [0.25, 0.3) is 0 Å². The molecule has 1 aliphatic rings. The van der Waals surface area contributed by atoms with Crippen molar-refractivity contribution < 1.29 is 9.84 Å². The van der Waals surface area contributed by atoms with Crippen molar-refractivity contribution in [3.63, 3.8) is 0 Å². The van der Waals surface area contributed by atoms with Crippen LogP contribution in [0, 0.1) is 0 Å². The summed E-state index contributed by atoms with van der Waals surface area (Å²) in [5.74, 6) is 0.285. The number of benzene rings is 1. The number of halogens is 1. The third-order valence-corrected chi connectivity index (χ3v) is 2.97. The number of nitrogens with one attached hydrogen (secondary N) is 1. The minimum absolute atomic E-state index is 0.0562. The molecule has 1 unspecified atom stereocenters. The van der Waals surface area contributed by atoms with Gasteiger partial charge in [0.25, 0.3) is 0 Å². The lowest BCUT2D eigenvalue weighted by atomic mass is 10.1. The molecule has 1 aliphatic heterocycles. The largest absolute Gasteiger partial charge is 0.508 e. The lowest BCUT2D eigenvalue weighted by Gasteiger charge is -2.25. The van der Waals surface area contributed by atoms with Gasteiger partial charge in [-0.1, -0.05) is 22.0 Å². The third-order valence-electron chi connectivity index (χ3n) is 2.28. The summed E-state index contributed by atoms with van der Waals surface area (Å²) in [7, 11) is 0. The summed E-state index contributed by atoms with van der Waals surface area (Å²) in [6, 6.07) is 5.39. The number of phenolic OH excluding ortho intramolecular Hbond substituents is 1. The maximum Gasteiger partial charge on any atom is 0.122 e. The lowest BCUT2D eigenvalue weighted by molar-refractivity contribution is 0.0258. The summed E-state index contributed by atoms with van der Waals surface area (Å²) >= 11 is 3.41. The molecule has 0 bridgehead atoms. The second kappa shape index (κ2) is 4.29. The molecule has 1 saturated heterocycles. The van der Waals surface area contributed by atoms with E-state index in [9.17, 15) is 5.11 Å². The van der Waals surface area contributed by atoms with Crippen molar-refractivity contribution in [2.45, 2.75) is 6.10 Å². The first-order valence-electron chi connectivity index (χ1n) is 4.59. The van der Waals surface area contributed by atoms with Crippen molar-refractivity contribution >= 4 is 15.9 Å². The average Bonchev–Trinajstić information content (AvgIpc) is 2.19. The molecule has 14 heavy (non-hydrogen) atoms. The standard InChI is InChI=1S/C10H12BrNO2/c11-7-2-1-3-8(13)10(7)9-6-12-4-5-14-9/h1-3,9,12-13H,4-6H2. The molecule has 0 amide bonds. The summed E-state index contributed by atoms with van der Waals surface area (Å²) in [5, 5.41) is 12.9. The summed E-state index contributed by atoms with van der Waals surface area (Å²) in [6.45, 7) is 2.31. The Morgan fingerprint density at radius 3 is 3.00 bits per heavy atom. The fraction of sp³-hybridized carbons (Fsp3) is 0.400. The van der Waals surface area contributed by atoms with Gasteiger partial charge in [0.05, 0.1) is 12.7 Å². The van der Waals surface area contributed by atoms with Crippen LogP contribution in [-0.4, -0.2) is 24.8 Å². The molecule has 76 valence electrons. The first-order chi connectivity index (χ1) is 6.79. The lowest BCUT2D eigenvalue weighted by Crippen LogP contribution is -2.33. The van der Waals surface area contributed by atoms with E-state index in [0.29, 0.717) is 6.61 Å². The van der Waals surface area contributed by atoms with Crippen LogP contribution in [0.3, 0.4) is 0 Å². The number of hydrogen-bond donors (Lipinski definition) is 2. The van der Waals surface area contributed by atoms with Crippen molar-refractivity contribution in [1.82, 2.24) is 5.32 Å². The second-order valence-electron chi connectivity index (χ2n) is 3.24. The van der Waals surface area contributed by atoms with Gasteiger partial charge < -0.3 is 15.2 Å². The molecule has 2 rings (SSSR count). The maximum absolute atomic E-state index is 9.71. The van der Waals surface area contributed by atoms with E-state index >= 15 is 0 Å². The molecule has 4 heteroatoms. The predicted octanol–water partition coefficient (Wildman–Crippen LogP) is 1.82. The molecule has 0 spiro atoms. The van der Waals surface area contributed by atoms with Gasteiger partial charge in [0.1, 0.15) is 5.75 Å². The van der Waals surface area contributed by atoms with E-state index < -0.39 is 0 Å². The molecule has 2 N–H and O–H groups in total. The Balaban J connectivity index is 2.29. The van der Waals surface area contributed by atoms with E-state index in [-0.39, 0.29) is 11.9 Å². The summed E-state index contributed by atoms with van der Waals surface area (Å²) < 4.78 is 6.47. The number of phenols is 1. The molecule has 1 fully saturated rings. The molecule has 0 saturated carbocycles. The summed E-state index contributed by atoms with van der Waals surface area (Å²) in [5.41, 5.74) is 0.833. The topological polar surface area (TPSA) is 41.5 Å². The van der Waals surface area contributed by atoms with Gasteiger partial charge in [-0.15, -0.1) is 0 Å². The fourth-order valence-electron chi connectivity index (χ4n) is 1.60. The Kier molecular flexibility index (Phi) is 3.05. The van der Waals surface area contributed by atoms with Gasteiger partial charge >= 0.3 is 0 Å². The minimum Gasteiger partial charge on any atom is -0.508 e. The van der Waals surface area contributed by atoms with E-state index in [1.54, 1.807) is 12.1 Å². The normalized spacial score (nSPS) is 22.2. The van der Waals surface area contributed by atoms with Gasteiger partial charge in [-0.25, -0.2) is 0 Å². The highest BCUT2D eigenvalue weighted by molar-refractivity contribution is 9.10. The Bertz CT molecular complexity index is 304. The smallest absolute Gasteiger partial charge is 0.122 e. The molecule has 1 atom stereocenters. The first kappa shape index (κ1) is 9.96. The molecule has 1 heterocycles. The summed E-state index contributed by atoms with van der Waals surface area (Å²) in [4.78, 5) is 0. The zero-order valence-corrected chi connectivity index (χ0v) is 9.25. The minimum atomic E-state index is -0.0562. The second-order valence-corrected chi connectivity index (χ2v) is 4.09. The van der Waals surface area contributed by atoms with Crippen LogP contribution in [-0.2, 0) is 4.74 Å². The van der Waals surface area contributed by atoms with E-state index in [1.165, 1.54) is 0 Å². The Labute approximate surface area is 91.2 Å². The van der Waals surface area contributed by atoms with Crippen LogP contribution in [0.4, 0.5) is 0 Å². The van der Waals surface area contributed by atoms with Gasteiger partial charge in [0.2, 0.25) is 0 Å². The molecule has 0 radical (unpaired) electrons. The number of rotatable bonds is 1. The average molecular weight is 258 g/mol. The first-order valence-corrected chi connectivity index (χ1v) is 5.38. The Hall–Kier alpha value is -0.580. The van der Waals surface area contributed by atoms with Crippen LogP contribution < -0.4 is 5.32 Å². The fourth-order valence-corrected chi connectivity index (χ4v) is 2.21. The quantitative estimate of drug-likeness (QED) is 0.807. The van der Waals surface area contributed by atoms with Gasteiger partial charge in [-0.05, 0) is 12.1 Å². The number of aromatic hydroxyl groups is 1. The number of ether oxygens (including phenoxy) is 1. The third kappa shape index (κ3) is 1.92. The summed E-state index contributed by atoms with van der Waals surface area (Å²) in [6.07, 6.45) is -0.0562. The zero-order chi connectivity index (χ0) is 9.97. The molecule has 0 aliphatic carbocycles. The van der Waals surface area contributed by atoms with Crippen molar-refractivity contribution in [3.8, 4) is 5.75 Å². The van der Waals surface area contributed by atoms with Crippen LogP contribution in [0.1, 0.15) is 11.7 Å². The van der Waals surface area contributed by atoms with Crippen molar-refractivity contribution in [2.24, 2.45) is 0 Å². The molecule has 0 aromatic heterocycles. The van der Waals surface area contributed by atoms with Gasteiger partial charge in [0, 0.05) is 23.1 Å². The molecule has 3 nitrogen and oxygen atoms in total. The predicted molar refractivity (Wildman–Crippen MR) is 57.4 cm³/mol. The van der Waals surface area contributed by atoms with Gasteiger partial charge in [-0.3, -0.25) is 0 Å². The van der Waals surface area contributed by atoms with E-state index in [1.807, 2.05) is 6.07 Å². The molecular formula is C10H12BrNO2.